The number of nitrogens with one attached hydrogen (secondary N) is 1. The van der Waals surface area contributed by atoms with Gasteiger partial charge in [-0.15, -0.1) is 0 Å². The number of hydrogen-bond donors (Lipinski definition) is 2. The Morgan fingerprint density at radius 3 is 2.55 bits per heavy atom. The van der Waals surface area contributed by atoms with Crippen LogP contribution in [0.25, 0.3) is 5.69 Å². The number of aliphatic imine (C=N–C) groups is 1. The average molecular weight is 477 g/mol. The van der Waals surface area contributed by atoms with E-state index in [1.165, 1.54) is 10.8 Å². The predicted molar refractivity (Wildman–Crippen MR) is 126 cm³/mol. The average Bonchev–Trinajstić information content (AvgIpc) is 2.77. The summed E-state index contributed by atoms with van der Waals surface area (Å²) in [4.78, 5) is 21.5. The van der Waals surface area contributed by atoms with Gasteiger partial charge in [0.25, 0.3) is 5.56 Å². The zero-order chi connectivity index (χ0) is 22.0. The minimum absolute atomic E-state index is 0.0151. The minimum Gasteiger partial charge on any atom is -0.494 e. The van der Waals surface area contributed by atoms with E-state index in [9.17, 15) is 9.90 Å². The van der Waals surface area contributed by atoms with E-state index < -0.39 is 5.56 Å². The van der Waals surface area contributed by atoms with Crippen LogP contribution in [0, 0.1) is 4.77 Å². The molecule has 0 radical (unpaired) electrons. The number of aromatic nitrogens is 2. The van der Waals surface area contributed by atoms with Crippen LogP contribution in [0.3, 0.4) is 0 Å². The highest BCUT2D eigenvalue weighted by molar-refractivity contribution is 7.71. The Morgan fingerprint density at radius 1 is 1.13 bits per heavy atom. The molecule has 3 aromatic rings. The Bertz CT molecular complexity index is 1250. The quantitative estimate of drug-likeness (QED) is 0.427. The van der Waals surface area contributed by atoms with Crippen LogP contribution in [0.5, 0.6) is 5.88 Å². The number of rotatable bonds is 4. The van der Waals surface area contributed by atoms with Gasteiger partial charge in [0.1, 0.15) is 5.56 Å². The normalized spacial score (nSPS) is 14.3. The number of ether oxygens (including phenoxy) is 1. The van der Waals surface area contributed by atoms with Gasteiger partial charge in [0.15, 0.2) is 4.77 Å². The molecule has 0 spiro atoms. The second-order valence-corrected chi connectivity index (χ2v) is 7.95. The third kappa shape index (κ3) is 4.52. The van der Waals surface area contributed by atoms with Gasteiger partial charge in [-0.1, -0.05) is 29.3 Å². The summed E-state index contributed by atoms with van der Waals surface area (Å²) in [6.45, 7) is 3.09. The fraction of sp³-hybridized carbons (Fsp3) is 0.190. The van der Waals surface area contributed by atoms with Crippen LogP contribution in [0.15, 0.2) is 52.3 Å². The van der Waals surface area contributed by atoms with Crippen molar-refractivity contribution in [3.05, 3.63) is 73.2 Å². The molecule has 0 aliphatic carbocycles. The molecule has 2 aromatic carbocycles. The van der Waals surface area contributed by atoms with Gasteiger partial charge in [0, 0.05) is 25.0 Å². The lowest BCUT2D eigenvalue weighted by molar-refractivity contribution is 0.122. The first-order chi connectivity index (χ1) is 15.0. The van der Waals surface area contributed by atoms with Gasteiger partial charge in [-0.25, -0.2) is 0 Å². The number of anilines is 1. The third-order valence-corrected chi connectivity index (χ3v) is 5.96. The number of halogens is 2. The summed E-state index contributed by atoms with van der Waals surface area (Å²) < 4.78 is 6.60. The van der Waals surface area contributed by atoms with Crippen LogP contribution in [0.1, 0.15) is 5.56 Å². The Morgan fingerprint density at radius 2 is 1.84 bits per heavy atom. The van der Waals surface area contributed by atoms with Gasteiger partial charge in [-0.2, -0.15) is 0 Å². The summed E-state index contributed by atoms with van der Waals surface area (Å²) in [5.41, 5.74) is 1.43. The highest BCUT2D eigenvalue weighted by atomic mass is 35.5. The van der Waals surface area contributed by atoms with Crippen molar-refractivity contribution in [1.29, 1.82) is 0 Å². The fourth-order valence-corrected chi connectivity index (χ4v) is 3.91. The maximum absolute atomic E-state index is 12.4. The maximum atomic E-state index is 12.4. The van der Waals surface area contributed by atoms with Gasteiger partial charge < -0.3 is 14.7 Å². The van der Waals surface area contributed by atoms with Crippen molar-refractivity contribution in [2.45, 2.75) is 0 Å². The van der Waals surface area contributed by atoms with Crippen molar-refractivity contribution in [2.75, 3.05) is 31.2 Å². The van der Waals surface area contributed by atoms with Gasteiger partial charge in [-0.05, 0) is 48.6 Å². The van der Waals surface area contributed by atoms with Crippen molar-refractivity contribution in [3.63, 3.8) is 0 Å². The first kappa shape index (κ1) is 21.6. The standard InChI is InChI=1S/C21H18Cl2N4O3S/c22-16-2-1-3-17(18(16)23)27-20(29)15(19(28)25-21(27)31)12-24-13-4-6-14(7-5-13)26-8-10-30-11-9-26/h1-7,12,29H,8-11H2,(H,25,28,31). The molecule has 0 saturated carbocycles. The van der Waals surface area contributed by atoms with E-state index in [4.69, 9.17) is 40.2 Å². The van der Waals surface area contributed by atoms with Gasteiger partial charge in [-0.3, -0.25) is 19.3 Å². The van der Waals surface area contributed by atoms with E-state index in [-0.39, 0.29) is 21.2 Å². The lowest BCUT2D eigenvalue weighted by Crippen LogP contribution is -2.36. The monoisotopic (exact) mass is 476 g/mol. The molecule has 7 nitrogen and oxygen atoms in total. The first-order valence-electron chi connectivity index (χ1n) is 9.45. The highest BCUT2D eigenvalue weighted by Gasteiger charge is 2.16. The number of hydrogen-bond acceptors (Lipinski definition) is 6. The molecule has 1 fully saturated rings. The Hall–Kier alpha value is -2.65. The summed E-state index contributed by atoms with van der Waals surface area (Å²) in [7, 11) is 0. The van der Waals surface area contributed by atoms with Crippen molar-refractivity contribution >= 4 is 53.0 Å². The van der Waals surface area contributed by atoms with E-state index in [1.807, 2.05) is 24.3 Å². The van der Waals surface area contributed by atoms with Crippen LogP contribution in [-0.4, -0.2) is 47.2 Å². The molecular formula is C21H18Cl2N4O3S. The number of aromatic hydroxyl groups is 1. The SMILES string of the molecule is O=c1[nH]c(=S)n(-c2cccc(Cl)c2Cl)c(O)c1C=Nc1ccc(N2CCOCC2)cc1. The molecule has 4 rings (SSSR count). The van der Waals surface area contributed by atoms with Crippen LogP contribution in [0.4, 0.5) is 11.4 Å². The van der Waals surface area contributed by atoms with Crippen LogP contribution < -0.4 is 10.5 Å². The second kappa shape index (κ2) is 9.23. The summed E-state index contributed by atoms with van der Waals surface area (Å²) in [5, 5.41) is 11.3. The van der Waals surface area contributed by atoms with Gasteiger partial charge in [0.05, 0.1) is 34.6 Å². The van der Waals surface area contributed by atoms with Gasteiger partial charge in [0.2, 0.25) is 5.88 Å². The molecule has 0 unspecified atom stereocenters. The molecule has 2 N–H and O–H groups in total. The topological polar surface area (TPSA) is 82.8 Å². The maximum Gasteiger partial charge on any atom is 0.264 e. The smallest absolute Gasteiger partial charge is 0.264 e. The summed E-state index contributed by atoms with van der Waals surface area (Å²) in [5.74, 6) is -0.383. The molecule has 31 heavy (non-hydrogen) atoms. The van der Waals surface area contributed by atoms with Gasteiger partial charge >= 0.3 is 0 Å². The van der Waals surface area contributed by atoms with Crippen molar-refractivity contribution in [3.8, 4) is 11.6 Å². The minimum atomic E-state index is -0.564. The second-order valence-electron chi connectivity index (χ2n) is 6.78. The molecular weight excluding hydrogens is 459 g/mol. The Labute approximate surface area is 193 Å². The van der Waals surface area contributed by atoms with Crippen molar-refractivity contribution in [2.24, 2.45) is 4.99 Å². The van der Waals surface area contributed by atoms with E-state index in [0.717, 1.165) is 18.8 Å². The molecule has 0 atom stereocenters. The van der Waals surface area contributed by atoms with Crippen molar-refractivity contribution in [1.82, 2.24) is 9.55 Å². The largest absolute Gasteiger partial charge is 0.494 e. The van der Waals surface area contributed by atoms with Crippen LogP contribution in [-0.2, 0) is 4.74 Å². The molecule has 10 heteroatoms. The Balaban J connectivity index is 1.67. The van der Waals surface area contributed by atoms with E-state index in [1.54, 1.807) is 18.2 Å². The third-order valence-electron chi connectivity index (χ3n) is 4.86. The zero-order valence-electron chi connectivity index (χ0n) is 16.2. The lowest BCUT2D eigenvalue weighted by Gasteiger charge is -2.28. The lowest BCUT2D eigenvalue weighted by atomic mass is 10.2. The predicted octanol–water partition coefficient (Wildman–Crippen LogP) is 4.49. The fourth-order valence-electron chi connectivity index (χ4n) is 3.25. The van der Waals surface area contributed by atoms with Crippen LogP contribution in [0.2, 0.25) is 10.0 Å². The number of aromatic amines is 1. The summed E-state index contributed by atoms with van der Waals surface area (Å²) >= 11 is 17.6. The molecule has 160 valence electrons. The molecule has 1 saturated heterocycles. The van der Waals surface area contributed by atoms with E-state index in [2.05, 4.69) is 14.9 Å². The number of benzene rings is 2. The van der Waals surface area contributed by atoms with Crippen molar-refractivity contribution < 1.29 is 9.84 Å². The molecule has 0 bridgehead atoms. The zero-order valence-corrected chi connectivity index (χ0v) is 18.5. The Kier molecular flexibility index (Phi) is 6.43. The molecule has 2 heterocycles. The first-order valence-corrected chi connectivity index (χ1v) is 10.6. The van der Waals surface area contributed by atoms with E-state index in [0.29, 0.717) is 29.6 Å². The molecule has 1 aliphatic rings. The molecule has 1 aromatic heterocycles. The van der Waals surface area contributed by atoms with Crippen LogP contribution >= 0.6 is 35.4 Å². The molecule has 0 amide bonds. The number of morpholine rings is 1. The summed E-state index contributed by atoms with van der Waals surface area (Å²) in [6.07, 6.45) is 1.29. The summed E-state index contributed by atoms with van der Waals surface area (Å²) in [6, 6.07) is 12.5. The molecule has 1 aliphatic heterocycles. The number of H-pyrrole nitrogens is 1. The van der Waals surface area contributed by atoms with E-state index >= 15 is 0 Å². The highest BCUT2D eigenvalue weighted by Crippen LogP contribution is 2.31. The number of nitrogens with zero attached hydrogens (tertiary/aromatic N) is 3.